The molecule has 0 bridgehead atoms. The van der Waals surface area contributed by atoms with E-state index in [4.69, 9.17) is 0 Å². The predicted octanol–water partition coefficient (Wildman–Crippen LogP) is 2.90. The molecule has 2 aromatic rings. The Morgan fingerprint density at radius 1 is 1.14 bits per heavy atom. The van der Waals surface area contributed by atoms with Crippen LogP contribution in [-0.4, -0.2) is 17.5 Å². The minimum absolute atomic E-state index is 0.0517. The van der Waals surface area contributed by atoms with Gasteiger partial charge in [0.1, 0.15) is 5.04 Å². The molecule has 2 aromatic carbocycles. The minimum Gasteiger partial charge on any atom is -0.309 e. The molecule has 4 nitrogen and oxygen atoms in total. The quantitative estimate of drug-likeness (QED) is 0.928. The van der Waals surface area contributed by atoms with Gasteiger partial charge in [0.2, 0.25) is 4.87 Å². The Kier molecular flexibility index (Phi) is 2.97. The number of thioether (sulfide) groups is 1. The maximum atomic E-state index is 13.0. The molecular weight excluding hydrogens is 294 g/mol. The number of likely N-dealkylation sites (N-methyl/N-ethyl adjacent to an activating group) is 1. The number of nitrogens with one attached hydrogen (secondary N) is 1. The number of amides is 1. The lowest BCUT2D eigenvalue weighted by Crippen LogP contribution is -2.44. The Morgan fingerprint density at radius 2 is 1.86 bits per heavy atom. The molecule has 4 rings (SSSR count). The molecule has 5 heteroatoms. The monoisotopic (exact) mass is 309 g/mol. The highest BCUT2D eigenvalue weighted by Crippen LogP contribution is 2.50. The molecule has 1 unspecified atom stereocenters. The number of fused-ring (bicyclic) bond motifs is 2. The van der Waals surface area contributed by atoms with Crippen LogP contribution >= 0.6 is 11.8 Å². The first kappa shape index (κ1) is 13.4. The highest BCUT2D eigenvalue weighted by molar-refractivity contribution is 8.16. The zero-order chi connectivity index (χ0) is 15.2. The van der Waals surface area contributed by atoms with Crippen molar-refractivity contribution < 1.29 is 4.79 Å². The van der Waals surface area contributed by atoms with Gasteiger partial charge < -0.3 is 4.90 Å². The van der Waals surface area contributed by atoms with Gasteiger partial charge in [-0.3, -0.25) is 10.2 Å². The van der Waals surface area contributed by atoms with Crippen LogP contribution in [0.1, 0.15) is 18.1 Å². The van der Waals surface area contributed by atoms with E-state index in [-0.39, 0.29) is 5.91 Å². The summed E-state index contributed by atoms with van der Waals surface area (Å²) in [4.78, 5) is 14.0. The second kappa shape index (κ2) is 4.88. The molecule has 2 heterocycles. The van der Waals surface area contributed by atoms with Crippen LogP contribution in [-0.2, 0) is 9.67 Å². The van der Waals surface area contributed by atoms with E-state index in [0.717, 1.165) is 21.9 Å². The summed E-state index contributed by atoms with van der Waals surface area (Å²) in [6.45, 7) is 2.65. The maximum absolute atomic E-state index is 13.0. The normalized spacial score (nSPS) is 22.7. The molecule has 1 spiro atoms. The van der Waals surface area contributed by atoms with Gasteiger partial charge in [-0.1, -0.05) is 60.3 Å². The van der Waals surface area contributed by atoms with E-state index in [1.165, 1.54) is 11.8 Å². The lowest BCUT2D eigenvalue weighted by molar-refractivity contribution is -0.121. The van der Waals surface area contributed by atoms with Gasteiger partial charge >= 0.3 is 0 Å². The van der Waals surface area contributed by atoms with Crippen LogP contribution in [0.4, 0.5) is 5.69 Å². The molecule has 0 saturated carbocycles. The van der Waals surface area contributed by atoms with Crippen molar-refractivity contribution >= 4 is 28.4 Å². The smallest absolute Gasteiger partial charge is 0.269 e. The second-order valence-electron chi connectivity index (χ2n) is 5.24. The fourth-order valence-electron chi connectivity index (χ4n) is 2.97. The molecule has 0 aromatic heterocycles. The minimum atomic E-state index is -0.822. The van der Waals surface area contributed by atoms with Crippen LogP contribution in [0.3, 0.4) is 0 Å². The number of hydrogen-bond donors (Lipinski definition) is 1. The summed E-state index contributed by atoms with van der Waals surface area (Å²) in [6, 6.07) is 17.9. The van der Waals surface area contributed by atoms with Crippen molar-refractivity contribution in [3.63, 3.8) is 0 Å². The van der Waals surface area contributed by atoms with Crippen molar-refractivity contribution in [2.45, 2.75) is 11.8 Å². The summed E-state index contributed by atoms with van der Waals surface area (Å²) >= 11 is 1.49. The molecule has 110 valence electrons. The average molecular weight is 309 g/mol. The average Bonchev–Trinajstić information content (AvgIpc) is 3.11. The first-order valence-corrected chi connectivity index (χ1v) is 8.08. The molecule has 1 atom stereocenters. The van der Waals surface area contributed by atoms with Crippen LogP contribution in [0.2, 0.25) is 0 Å². The van der Waals surface area contributed by atoms with Crippen molar-refractivity contribution in [2.75, 3.05) is 11.4 Å². The SMILES string of the molecule is CCN1C(=O)C2(NN=C(c3ccccc3)S2)c2ccccc21. The van der Waals surface area contributed by atoms with Gasteiger partial charge in [0, 0.05) is 17.7 Å². The number of hydrazone groups is 1. The third-order valence-corrected chi connectivity index (χ3v) is 5.33. The Morgan fingerprint density at radius 3 is 2.64 bits per heavy atom. The molecule has 22 heavy (non-hydrogen) atoms. The third-order valence-electron chi connectivity index (χ3n) is 4.02. The van der Waals surface area contributed by atoms with E-state index in [9.17, 15) is 4.79 Å². The number of hydrogen-bond acceptors (Lipinski definition) is 4. The van der Waals surface area contributed by atoms with E-state index in [2.05, 4.69) is 10.5 Å². The highest BCUT2D eigenvalue weighted by Gasteiger charge is 2.54. The van der Waals surface area contributed by atoms with E-state index in [1.54, 1.807) is 0 Å². The number of carbonyl (C=O) groups excluding carboxylic acids is 1. The lowest BCUT2D eigenvalue weighted by atomic mass is 10.1. The number of carbonyl (C=O) groups is 1. The number of benzene rings is 2. The van der Waals surface area contributed by atoms with Crippen LogP contribution in [0.15, 0.2) is 59.7 Å². The van der Waals surface area contributed by atoms with Gasteiger partial charge in [0.25, 0.3) is 5.91 Å². The summed E-state index contributed by atoms with van der Waals surface area (Å²) in [5.41, 5.74) is 6.09. The van der Waals surface area contributed by atoms with Gasteiger partial charge in [-0.2, -0.15) is 5.10 Å². The second-order valence-corrected chi connectivity index (χ2v) is 6.45. The third kappa shape index (κ3) is 1.72. The van der Waals surface area contributed by atoms with Crippen LogP contribution in [0.25, 0.3) is 0 Å². The van der Waals surface area contributed by atoms with E-state index in [0.29, 0.717) is 6.54 Å². The molecular formula is C17H15N3OS. The first-order valence-electron chi connectivity index (χ1n) is 7.27. The fourth-order valence-corrected chi connectivity index (χ4v) is 4.17. The number of rotatable bonds is 2. The molecule has 0 fully saturated rings. The van der Waals surface area contributed by atoms with Crippen LogP contribution in [0, 0.1) is 0 Å². The summed E-state index contributed by atoms with van der Waals surface area (Å²) in [5.74, 6) is 0.0517. The lowest BCUT2D eigenvalue weighted by Gasteiger charge is -2.21. The van der Waals surface area contributed by atoms with Gasteiger partial charge in [-0.25, -0.2) is 0 Å². The van der Waals surface area contributed by atoms with Gasteiger partial charge in [-0.05, 0) is 13.0 Å². The zero-order valence-corrected chi connectivity index (χ0v) is 12.9. The fraction of sp³-hybridized carbons (Fsp3) is 0.176. The Balaban J connectivity index is 1.77. The van der Waals surface area contributed by atoms with E-state index in [1.807, 2.05) is 66.4 Å². The number of nitrogens with zero attached hydrogens (tertiary/aromatic N) is 2. The Labute approximate surface area is 133 Å². The molecule has 0 radical (unpaired) electrons. The highest BCUT2D eigenvalue weighted by atomic mass is 32.2. The number of para-hydroxylation sites is 1. The molecule has 0 saturated heterocycles. The number of anilines is 1. The summed E-state index contributed by atoms with van der Waals surface area (Å²) < 4.78 is 0. The molecule has 1 N–H and O–H groups in total. The topological polar surface area (TPSA) is 44.7 Å². The maximum Gasteiger partial charge on any atom is 0.269 e. The zero-order valence-electron chi connectivity index (χ0n) is 12.1. The Hall–Kier alpha value is -2.27. The van der Waals surface area contributed by atoms with Crippen molar-refractivity contribution in [1.82, 2.24) is 5.43 Å². The molecule has 0 aliphatic carbocycles. The van der Waals surface area contributed by atoms with Crippen LogP contribution < -0.4 is 10.3 Å². The molecule has 1 amide bonds. The van der Waals surface area contributed by atoms with Crippen molar-refractivity contribution in [2.24, 2.45) is 5.10 Å². The summed E-state index contributed by atoms with van der Waals surface area (Å²) in [5, 5.41) is 5.29. The van der Waals surface area contributed by atoms with E-state index >= 15 is 0 Å². The standard InChI is InChI=1S/C17H15N3OS/c1-2-20-14-11-7-6-10-13(14)17(16(20)21)19-18-15(22-17)12-8-4-3-5-9-12/h3-11,19H,2H2,1H3. The van der Waals surface area contributed by atoms with E-state index < -0.39 is 4.87 Å². The molecule has 2 aliphatic rings. The Bertz CT molecular complexity index is 774. The van der Waals surface area contributed by atoms with Gasteiger partial charge in [0.05, 0.1) is 5.69 Å². The van der Waals surface area contributed by atoms with Gasteiger partial charge in [-0.15, -0.1) is 0 Å². The summed E-state index contributed by atoms with van der Waals surface area (Å²) in [7, 11) is 0. The van der Waals surface area contributed by atoms with Crippen molar-refractivity contribution in [3.05, 3.63) is 65.7 Å². The van der Waals surface area contributed by atoms with Crippen molar-refractivity contribution in [3.8, 4) is 0 Å². The largest absolute Gasteiger partial charge is 0.309 e. The summed E-state index contributed by atoms with van der Waals surface area (Å²) in [6.07, 6.45) is 0. The molecule has 2 aliphatic heterocycles. The van der Waals surface area contributed by atoms with Crippen molar-refractivity contribution in [1.29, 1.82) is 0 Å². The predicted molar refractivity (Wildman–Crippen MR) is 89.9 cm³/mol. The van der Waals surface area contributed by atoms with Crippen LogP contribution in [0.5, 0.6) is 0 Å². The van der Waals surface area contributed by atoms with Gasteiger partial charge in [0.15, 0.2) is 0 Å². The first-order chi connectivity index (χ1) is 10.8.